The Hall–Kier alpha value is -2.89. The van der Waals surface area contributed by atoms with Gasteiger partial charge in [-0.3, -0.25) is 28.7 Å². The average Bonchev–Trinajstić information content (AvgIpc) is 3.39. The maximum Gasteiger partial charge on any atom is 0.330 e. The van der Waals surface area contributed by atoms with Crippen molar-refractivity contribution in [2.75, 3.05) is 12.4 Å². The molecule has 0 saturated carbocycles. The lowest BCUT2D eigenvalue weighted by atomic mass is 10.1. The molecule has 0 aliphatic carbocycles. The minimum atomic E-state index is -3.89. The summed E-state index contributed by atoms with van der Waals surface area (Å²) >= 11 is 0. The highest BCUT2D eigenvalue weighted by Crippen LogP contribution is 2.30. The van der Waals surface area contributed by atoms with Crippen molar-refractivity contribution in [3.63, 3.8) is 0 Å². The van der Waals surface area contributed by atoms with E-state index in [4.69, 9.17) is 15.2 Å². The largest absolute Gasteiger partial charge is 0.394 e. The molecule has 2 aromatic rings. The standard InChI is InChI=1S/C21H30N6O9S/c1-10-7-26(20(31)23-18(10)29)16-5-12(22)14(35-16)3-4-37(33,34)25-13-6-17(36-15(13)9-28)27-8-11(2)19(30)24-21(27)32/h7-8,12-17,25,28H,3-6,9,22H2,1-2H3,(H,23,29,31)(H,24,30,32)/t12-,13-,14+,15+,16+,17+/m0/s1. The Labute approximate surface area is 210 Å². The molecule has 0 amide bonds. The predicted octanol–water partition coefficient (Wildman–Crippen LogP) is -2.72. The van der Waals surface area contributed by atoms with Gasteiger partial charge in [0, 0.05) is 42.4 Å². The van der Waals surface area contributed by atoms with E-state index in [2.05, 4.69) is 14.7 Å². The normalized spacial score (nSPS) is 28.1. The minimum absolute atomic E-state index is 0.0312. The molecule has 0 aromatic carbocycles. The lowest BCUT2D eigenvalue weighted by molar-refractivity contribution is -0.0280. The van der Waals surface area contributed by atoms with Crippen molar-refractivity contribution in [1.82, 2.24) is 23.8 Å². The van der Waals surface area contributed by atoms with Gasteiger partial charge in [-0.2, -0.15) is 0 Å². The third-order valence-electron chi connectivity index (χ3n) is 6.61. The SMILES string of the molecule is Cc1cn([C@H]2C[C@H](NS(=O)(=O)CC[C@H]3O[C@@H](n4cc(C)c(=O)[nH]c4=O)C[C@@H]3N)[C@@H](CO)O2)c(=O)[nH]c1=O. The number of aliphatic hydroxyl groups excluding tert-OH is 1. The van der Waals surface area contributed by atoms with Crippen molar-refractivity contribution in [2.24, 2.45) is 5.73 Å². The van der Waals surface area contributed by atoms with Gasteiger partial charge >= 0.3 is 11.4 Å². The molecule has 0 spiro atoms. The highest BCUT2D eigenvalue weighted by atomic mass is 32.2. The minimum Gasteiger partial charge on any atom is -0.394 e. The first-order valence-electron chi connectivity index (χ1n) is 11.7. The molecule has 2 aromatic heterocycles. The Balaban J connectivity index is 1.39. The summed E-state index contributed by atoms with van der Waals surface area (Å²) in [6, 6.07) is -1.37. The molecule has 0 bridgehead atoms. The quantitative estimate of drug-likeness (QED) is 0.232. The molecule has 2 aliphatic heterocycles. The molecule has 2 fully saturated rings. The molecular formula is C21H30N6O9S. The first kappa shape index (κ1) is 27.2. The van der Waals surface area contributed by atoms with Crippen molar-refractivity contribution in [1.29, 1.82) is 0 Å². The van der Waals surface area contributed by atoms with Gasteiger partial charge in [-0.1, -0.05) is 0 Å². The topological polar surface area (TPSA) is 221 Å². The number of hydrogen-bond acceptors (Lipinski definition) is 10. The van der Waals surface area contributed by atoms with Crippen LogP contribution in [-0.4, -0.2) is 69.3 Å². The van der Waals surface area contributed by atoms with Crippen LogP contribution in [0.5, 0.6) is 0 Å². The highest BCUT2D eigenvalue weighted by molar-refractivity contribution is 7.89. The second-order valence-electron chi connectivity index (χ2n) is 9.37. The molecule has 0 unspecified atom stereocenters. The summed E-state index contributed by atoms with van der Waals surface area (Å²) in [5.41, 5.74) is 4.34. The third-order valence-corrected chi connectivity index (χ3v) is 8.05. The van der Waals surface area contributed by atoms with E-state index in [1.165, 1.54) is 23.9 Å². The number of nitrogens with two attached hydrogens (primary N) is 1. The Bertz CT molecular complexity index is 1490. The van der Waals surface area contributed by atoms with Crippen molar-refractivity contribution < 1.29 is 23.0 Å². The number of H-pyrrole nitrogens is 2. The smallest absolute Gasteiger partial charge is 0.330 e. The maximum atomic E-state index is 12.9. The van der Waals surface area contributed by atoms with Crippen LogP contribution in [0.25, 0.3) is 0 Å². The zero-order valence-corrected chi connectivity index (χ0v) is 21.1. The summed E-state index contributed by atoms with van der Waals surface area (Å²) in [7, 11) is -3.89. The van der Waals surface area contributed by atoms with Crippen LogP contribution in [-0.2, 0) is 19.5 Å². The Morgan fingerprint density at radius 1 is 0.973 bits per heavy atom. The fourth-order valence-electron chi connectivity index (χ4n) is 4.56. The summed E-state index contributed by atoms with van der Waals surface area (Å²) in [5.74, 6) is -0.353. The summed E-state index contributed by atoms with van der Waals surface area (Å²) in [6.45, 7) is 2.57. The van der Waals surface area contributed by atoms with Crippen LogP contribution in [0.4, 0.5) is 0 Å². The number of aryl methyl sites for hydroxylation is 2. The van der Waals surface area contributed by atoms with Crippen LogP contribution < -0.4 is 33.0 Å². The van der Waals surface area contributed by atoms with Crippen LogP contribution in [0.3, 0.4) is 0 Å². The second-order valence-corrected chi connectivity index (χ2v) is 11.2. The second kappa shape index (κ2) is 10.5. The van der Waals surface area contributed by atoms with Gasteiger partial charge in [-0.15, -0.1) is 0 Å². The van der Waals surface area contributed by atoms with Crippen molar-refractivity contribution in [2.45, 2.75) is 69.9 Å². The summed E-state index contributed by atoms with van der Waals surface area (Å²) in [5, 5.41) is 9.71. The monoisotopic (exact) mass is 542 g/mol. The molecule has 15 nitrogen and oxygen atoms in total. The number of aromatic amines is 2. The molecule has 204 valence electrons. The van der Waals surface area contributed by atoms with Crippen molar-refractivity contribution >= 4 is 10.0 Å². The van der Waals surface area contributed by atoms with E-state index < -0.39 is 75.9 Å². The number of aromatic nitrogens is 4. The summed E-state index contributed by atoms with van der Waals surface area (Å²) < 4.78 is 42.1. The molecule has 6 atom stereocenters. The maximum absolute atomic E-state index is 12.9. The van der Waals surface area contributed by atoms with E-state index in [-0.39, 0.29) is 30.6 Å². The zero-order valence-electron chi connectivity index (χ0n) is 20.2. The number of rotatable bonds is 8. The van der Waals surface area contributed by atoms with E-state index in [0.29, 0.717) is 5.56 Å². The van der Waals surface area contributed by atoms with Crippen molar-refractivity contribution in [3.8, 4) is 0 Å². The van der Waals surface area contributed by atoms with Gasteiger partial charge in [0.05, 0.1) is 30.6 Å². The van der Waals surface area contributed by atoms with Crippen LogP contribution in [0.1, 0.15) is 42.8 Å². The van der Waals surface area contributed by atoms with Gasteiger partial charge < -0.3 is 20.3 Å². The van der Waals surface area contributed by atoms with E-state index in [1.54, 1.807) is 6.92 Å². The van der Waals surface area contributed by atoms with E-state index >= 15 is 0 Å². The number of hydrogen-bond donors (Lipinski definition) is 5. The Morgan fingerprint density at radius 3 is 2.03 bits per heavy atom. The molecule has 4 rings (SSSR count). The molecule has 2 aliphatic rings. The predicted molar refractivity (Wildman–Crippen MR) is 130 cm³/mol. The number of aliphatic hydroxyl groups is 1. The fraction of sp³-hybridized carbons (Fsp3) is 0.619. The highest BCUT2D eigenvalue weighted by Gasteiger charge is 2.40. The third kappa shape index (κ3) is 5.83. The van der Waals surface area contributed by atoms with Gasteiger partial charge in [0.1, 0.15) is 12.5 Å². The first-order valence-corrected chi connectivity index (χ1v) is 13.3. The zero-order chi connectivity index (χ0) is 27.1. The molecule has 37 heavy (non-hydrogen) atoms. The number of ether oxygens (including phenoxy) is 2. The van der Waals surface area contributed by atoms with Crippen LogP contribution >= 0.6 is 0 Å². The molecular weight excluding hydrogens is 512 g/mol. The van der Waals surface area contributed by atoms with Crippen LogP contribution in [0.15, 0.2) is 31.6 Å². The Kier molecular flexibility index (Phi) is 7.68. The summed E-state index contributed by atoms with van der Waals surface area (Å²) in [6.07, 6.45) is -0.188. The van der Waals surface area contributed by atoms with E-state index in [9.17, 15) is 32.7 Å². The van der Waals surface area contributed by atoms with Gasteiger partial charge in [0.15, 0.2) is 0 Å². The fourth-order valence-corrected chi connectivity index (χ4v) is 5.93. The number of nitrogens with one attached hydrogen (secondary N) is 3. The van der Waals surface area contributed by atoms with Gasteiger partial charge in [-0.25, -0.2) is 22.7 Å². The summed E-state index contributed by atoms with van der Waals surface area (Å²) in [4.78, 5) is 52.0. The Morgan fingerprint density at radius 2 is 1.49 bits per heavy atom. The van der Waals surface area contributed by atoms with E-state index in [1.807, 2.05) is 0 Å². The van der Waals surface area contributed by atoms with Crippen LogP contribution in [0, 0.1) is 13.8 Å². The molecule has 6 N–H and O–H groups in total. The number of sulfonamides is 1. The first-order chi connectivity index (χ1) is 17.4. The van der Waals surface area contributed by atoms with E-state index in [0.717, 1.165) is 4.57 Å². The molecule has 2 saturated heterocycles. The molecule has 4 heterocycles. The number of nitrogens with zero attached hydrogens (tertiary/aromatic N) is 2. The van der Waals surface area contributed by atoms with Gasteiger partial charge in [-0.05, 0) is 20.3 Å². The molecule has 0 radical (unpaired) electrons. The molecule has 16 heteroatoms. The van der Waals surface area contributed by atoms with Crippen molar-refractivity contribution in [3.05, 3.63) is 65.2 Å². The van der Waals surface area contributed by atoms with Gasteiger partial charge in [0.2, 0.25) is 10.0 Å². The lowest BCUT2D eigenvalue weighted by Gasteiger charge is -2.19. The van der Waals surface area contributed by atoms with Crippen LogP contribution in [0.2, 0.25) is 0 Å². The van der Waals surface area contributed by atoms with Gasteiger partial charge in [0.25, 0.3) is 11.1 Å². The average molecular weight is 543 g/mol. The lowest BCUT2D eigenvalue weighted by Crippen LogP contribution is -2.43.